The van der Waals surface area contributed by atoms with Gasteiger partial charge in [0.1, 0.15) is 29.7 Å². The highest BCUT2D eigenvalue weighted by Crippen LogP contribution is 2.52. The number of aromatic nitrogens is 3. The SMILES string of the molecule is COc1ccc2c(c1)C1=C([C@H](c3ccc(Cl)cc3Cl)O2)[C@@H](c2ccc(F)cc2)n2ncnc2N1. The number of nitrogens with one attached hydrogen (secondary N) is 1. The van der Waals surface area contributed by atoms with Crippen molar-refractivity contribution in [2.75, 3.05) is 12.4 Å². The number of ether oxygens (including phenoxy) is 2. The summed E-state index contributed by atoms with van der Waals surface area (Å²) in [4.78, 5) is 4.40. The lowest BCUT2D eigenvalue weighted by Gasteiger charge is -2.39. The molecule has 0 fully saturated rings. The van der Waals surface area contributed by atoms with E-state index in [9.17, 15) is 4.39 Å². The zero-order valence-corrected chi connectivity index (χ0v) is 19.3. The van der Waals surface area contributed by atoms with E-state index in [-0.39, 0.29) is 5.82 Å². The van der Waals surface area contributed by atoms with Gasteiger partial charge in [0.25, 0.3) is 0 Å². The predicted octanol–water partition coefficient (Wildman–Crippen LogP) is 6.29. The average Bonchev–Trinajstić information content (AvgIpc) is 3.31. The highest BCUT2D eigenvalue weighted by Gasteiger charge is 2.41. The molecule has 0 unspecified atom stereocenters. The van der Waals surface area contributed by atoms with Gasteiger partial charge < -0.3 is 14.8 Å². The predicted molar refractivity (Wildman–Crippen MR) is 128 cm³/mol. The van der Waals surface area contributed by atoms with Gasteiger partial charge in [0, 0.05) is 26.7 Å². The van der Waals surface area contributed by atoms with Crippen molar-refractivity contribution in [2.24, 2.45) is 0 Å². The van der Waals surface area contributed by atoms with E-state index in [1.54, 1.807) is 36.1 Å². The summed E-state index contributed by atoms with van der Waals surface area (Å²) in [6.07, 6.45) is 0.912. The van der Waals surface area contributed by atoms with Gasteiger partial charge in [0.2, 0.25) is 5.95 Å². The van der Waals surface area contributed by atoms with Crippen LogP contribution in [0, 0.1) is 5.82 Å². The number of rotatable bonds is 3. The number of halogens is 3. The molecule has 34 heavy (non-hydrogen) atoms. The van der Waals surface area contributed by atoms with Gasteiger partial charge in [-0.05, 0) is 48.0 Å². The van der Waals surface area contributed by atoms with Gasteiger partial charge >= 0.3 is 0 Å². The van der Waals surface area contributed by atoms with Crippen LogP contribution in [-0.2, 0) is 0 Å². The lowest BCUT2D eigenvalue weighted by molar-refractivity contribution is 0.223. The zero-order valence-electron chi connectivity index (χ0n) is 17.8. The summed E-state index contributed by atoms with van der Waals surface area (Å²) < 4.78 is 27.6. The van der Waals surface area contributed by atoms with Crippen LogP contribution < -0.4 is 14.8 Å². The molecule has 2 atom stereocenters. The van der Waals surface area contributed by atoms with Gasteiger partial charge in [0.15, 0.2) is 6.10 Å². The van der Waals surface area contributed by atoms with Crippen LogP contribution in [0.2, 0.25) is 10.0 Å². The standard InChI is InChI=1S/C25H17Cl2FN4O2/c1-33-16-7-9-20-18(11-16)22-21(24(34-20)17-8-4-14(26)10-19(17)27)23(13-2-5-15(28)6-3-13)32-25(31-22)29-12-30-32/h2-12,23-24H,1H3,(H,29,30,31)/t23-,24+/m1/s1. The van der Waals surface area contributed by atoms with E-state index in [4.69, 9.17) is 32.7 Å². The minimum Gasteiger partial charge on any atom is -0.497 e. The molecule has 0 saturated carbocycles. The number of fused-ring (bicyclic) bond motifs is 3. The van der Waals surface area contributed by atoms with Crippen molar-refractivity contribution in [3.8, 4) is 11.5 Å². The summed E-state index contributed by atoms with van der Waals surface area (Å²) in [6, 6.07) is 16.8. The van der Waals surface area contributed by atoms with E-state index in [2.05, 4.69) is 15.4 Å². The molecule has 0 aliphatic carbocycles. The number of benzene rings is 3. The molecule has 3 heterocycles. The normalized spacial score (nSPS) is 18.4. The van der Waals surface area contributed by atoms with Crippen LogP contribution >= 0.6 is 23.2 Å². The Kier molecular flexibility index (Phi) is 4.97. The number of hydrogen-bond donors (Lipinski definition) is 1. The molecule has 1 aromatic heterocycles. The summed E-state index contributed by atoms with van der Waals surface area (Å²) in [7, 11) is 1.61. The van der Waals surface area contributed by atoms with Crippen molar-refractivity contribution >= 4 is 34.8 Å². The van der Waals surface area contributed by atoms with Crippen LogP contribution in [0.4, 0.5) is 10.3 Å². The number of nitrogens with zero attached hydrogens (tertiary/aromatic N) is 3. The molecule has 3 aromatic carbocycles. The van der Waals surface area contributed by atoms with Crippen LogP contribution in [0.1, 0.15) is 28.8 Å². The monoisotopic (exact) mass is 494 g/mol. The highest BCUT2D eigenvalue weighted by molar-refractivity contribution is 6.35. The molecule has 9 heteroatoms. The number of methoxy groups -OCH3 is 1. The third-order valence-electron chi connectivity index (χ3n) is 6.05. The first kappa shape index (κ1) is 21.0. The van der Waals surface area contributed by atoms with Crippen molar-refractivity contribution in [2.45, 2.75) is 12.1 Å². The van der Waals surface area contributed by atoms with Crippen molar-refractivity contribution in [1.82, 2.24) is 14.8 Å². The Bertz CT molecular complexity index is 1450. The van der Waals surface area contributed by atoms with Gasteiger partial charge in [-0.3, -0.25) is 0 Å². The molecule has 170 valence electrons. The first-order valence-electron chi connectivity index (χ1n) is 10.5. The molecule has 2 aliphatic rings. The quantitative estimate of drug-likeness (QED) is 0.362. The van der Waals surface area contributed by atoms with Gasteiger partial charge in [-0.2, -0.15) is 10.1 Å². The van der Waals surface area contributed by atoms with Crippen molar-refractivity contribution in [3.05, 3.63) is 105 Å². The highest BCUT2D eigenvalue weighted by atomic mass is 35.5. The third kappa shape index (κ3) is 3.31. The molecule has 0 spiro atoms. The number of anilines is 1. The van der Waals surface area contributed by atoms with Crippen molar-refractivity contribution in [3.63, 3.8) is 0 Å². The van der Waals surface area contributed by atoms with E-state index < -0.39 is 12.1 Å². The van der Waals surface area contributed by atoms with Gasteiger partial charge in [0.05, 0.1) is 12.8 Å². The van der Waals surface area contributed by atoms with Crippen LogP contribution in [-0.4, -0.2) is 21.9 Å². The lowest BCUT2D eigenvalue weighted by atomic mass is 9.84. The largest absolute Gasteiger partial charge is 0.497 e. The maximum Gasteiger partial charge on any atom is 0.226 e. The first-order chi connectivity index (χ1) is 16.5. The Morgan fingerprint density at radius 1 is 1.06 bits per heavy atom. The molecule has 2 aliphatic heterocycles. The Labute approximate surface area is 204 Å². The molecule has 1 N–H and O–H groups in total. The maximum atomic E-state index is 13.8. The fraction of sp³-hybridized carbons (Fsp3) is 0.120. The average molecular weight is 495 g/mol. The fourth-order valence-electron chi connectivity index (χ4n) is 4.51. The second kappa shape index (κ2) is 8.04. The second-order valence-corrected chi connectivity index (χ2v) is 8.81. The Hall–Kier alpha value is -3.55. The second-order valence-electron chi connectivity index (χ2n) is 7.96. The van der Waals surface area contributed by atoms with E-state index in [1.165, 1.54) is 18.5 Å². The van der Waals surface area contributed by atoms with E-state index in [0.29, 0.717) is 27.5 Å². The van der Waals surface area contributed by atoms with E-state index in [0.717, 1.165) is 28.0 Å². The number of hydrogen-bond acceptors (Lipinski definition) is 5. The van der Waals surface area contributed by atoms with E-state index in [1.807, 2.05) is 24.3 Å². The molecule has 6 rings (SSSR count). The van der Waals surface area contributed by atoms with Crippen LogP contribution in [0.5, 0.6) is 11.5 Å². The fourth-order valence-corrected chi connectivity index (χ4v) is 5.02. The summed E-state index contributed by atoms with van der Waals surface area (Å²) in [5.74, 6) is 1.58. The smallest absolute Gasteiger partial charge is 0.226 e. The van der Waals surface area contributed by atoms with Crippen molar-refractivity contribution < 1.29 is 13.9 Å². The van der Waals surface area contributed by atoms with Gasteiger partial charge in [-0.1, -0.05) is 41.4 Å². The topological polar surface area (TPSA) is 61.2 Å². The Morgan fingerprint density at radius 2 is 1.88 bits per heavy atom. The molecule has 0 bridgehead atoms. The zero-order chi connectivity index (χ0) is 23.4. The van der Waals surface area contributed by atoms with Crippen molar-refractivity contribution in [1.29, 1.82) is 0 Å². The molecular formula is C25H17Cl2FN4O2. The molecule has 6 nitrogen and oxygen atoms in total. The Balaban J connectivity index is 1.64. The molecule has 0 radical (unpaired) electrons. The van der Waals surface area contributed by atoms with Crippen LogP contribution in [0.25, 0.3) is 5.70 Å². The minimum absolute atomic E-state index is 0.321. The molecular weight excluding hydrogens is 478 g/mol. The van der Waals surface area contributed by atoms with Gasteiger partial charge in [-0.15, -0.1) is 0 Å². The first-order valence-corrected chi connectivity index (χ1v) is 11.2. The lowest BCUT2D eigenvalue weighted by Crippen LogP contribution is -2.32. The summed E-state index contributed by atoms with van der Waals surface area (Å²) in [5, 5.41) is 8.88. The van der Waals surface area contributed by atoms with E-state index >= 15 is 0 Å². The minimum atomic E-state index is -0.569. The molecule has 0 saturated heterocycles. The summed E-state index contributed by atoms with van der Waals surface area (Å²) in [5.41, 5.74) is 4.06. The Morgan fingerprint density at radius 3 is 2.65 bits per heavy atom. The third-order valence-corrected chi connectivity index (χ3v) is 6.61. The molecule has 4 aromatic rings. The van der Waals surface area contributed by atoms with Crippen LogP contribution in [0.15, 0.2) is 72.6 Å². The van der Waals surface area contributed by atoms with Gasteiger partial charge in [-0.25, -0.2) is 9.07 Å². The summed E-state index contributed by atoms with van der Waals surface area (Å²) in [6.45, 7) is 0. The maximum absolute atomic E-state index is 13.8. The van der Waals surface area contributed by atoms with Crippen LogP contribution in [0.3, 0.4) is 0 Å². The summed E-state index contributed by atoms with van der Waals surface area (Å²) >= 11 is 12.8. The molecule has 0 amide bonds.